The number of hydrogen-bond donors (Lipinski definition) is 1. The van der Waals surface area contributed by atoms with Gasteiger partial charge in [0, 0.05) is 24.1 Å². The van der Waals surface area contributed by atoms with Crippen molar-refractivity contribution in [2.75, 3.05) is 5.32 Å². The van der Waals surface area contributed by atoms with Gasteiger partial charge in [-0.05, 0) is 38.1 Å². The molecule has 0 aliphatic heterocycles. The molecule has 0 radical (unpaired) electrons. The smallest absolute Gasteiger partial charge is 0.226 e. The SMILES string of the molecule is CC(=O)Nc1ccccc1-c1coc(-c2ccc3c(c2)nnn3C(C)C)n1. The topological polar surface area (TPSA) is 85.8 Å². The van der Waals surface area contributed by atoms with Crippen LogP contribution in [0, 0.1) is 0 Å². The molecule has 0 aliphatic rings. The van der Waals surface area contributed by atoms with Gasteiger partial charge in [-0.2, -0.15) is 0 Å². The van der Waals surface area contributed by atoms with Crippen molar-refractivity contribution in [3.8, 4) is 22.7 Å². The van der Waals surface area contributed by atoms with Crippen molar-refractivity contribution >= 4 is 22.6 Å². The van der Waals surface area contributed by atoms with Gasteiger partial charge in [0.1, 0.15) is 17.5 Å². The van der Waals surface area contributed by atoms with Crippen LogP contribution in [-0.4, -0.2) is 25.9 Å². The van der Waals surface area contributed by atoms with Crippen LogP contribution >= 0.6 is 0 Å². The molecule has 1 N–H and O–H groups in total. The maximum atomic E-state index is 11.4. The van der Waals surface area contributed by atoms with Crippen molar-refractivity contribution in [1.29, 1.82) is 0 Å². The van der Waals surface area contributed by atoms with Crippen LogP contribution in [0.3, 0.4) is 0 Å². The predicted octanol–water partition coefficient (Wildman–Crippen LogP) is 4.29. The molecule has 4 rings (SSSR count). The molecule has 0 aliphatic carbocycles. The lowest BCUT2D eigenvalue weighted by Gasteiger charge is -2.06. The highest BCUT2D eigenvalue weighted by atomic mass is 16.3. The zero-order valence-corrected chi connectivity index (χ0v) is 15.3. The van der Waals surface area contributed by atoms with Crippen LogP contribution in [0.25, 0.3) is 33.7 Å². The number of para-hydroxylation sites is 1. The van der Waals surface area contributed by atoms with Crippen LogP contribution in [0.4, 0.5) is 5.69 Å². The van der Waals surface area contributed by atoms with Crippen molar-refractivity contribution in [3.63, 3.8) is 0 Å². The molecule has 1 amide bonds. The van der Waals surface area contributed by atoms with Crippen LogP contribution in [0.5, 0.6) is 0 Å². The Balaban J connectivity index is 1.71. The van der Waals surface area contributed by atoms with Gasteiger partial charge in [0.2, 0.25) is 11.8 Å². The van der Waals surface area contributed by atoms with Crippen molar-refractivity contribution in [1.82, 2.24) is 20.0 Å². The number of amides is 1. The van der Waals surface area contributed by atoms with E-state index in [0.717, 1.165) is 22.2 Å². The van der Waals surface area contributed by atoms with Gasteiger partial charge in [-0.15, -0.1) is 5.10 Å². The molecule has 2 aromatic heterocycles. The number of aromatic nitrogens is 4. The first kappa shape index (κ1) is 17.0. The lowest BCUT2D eigenvalue weighted by molar-refractivity contribution is -0.114. The van der Waals surface area contributed by atoms with E-state index in [2.05, 4.69) is 34.5 Å². The Morgan fingerprint density at radius 3 is 2.78 bits per heavy atom. The second kappa shape index (κ2) is 6.68. The van der Waals surface area contributed by atoms with E-state index in [9.17, 15) is 4.79 Å². The molecule has 0 fully saturated rings. The van der Waals surface area contributed by atoms with Crippen LogP contribution < -0.4 is 5.32 Å². The minimum atomic E-state index is -0.134. The number of fused-ring (bicyclic) bond motifs is 1. The largest absolute Gasteiger partial charge is 0.444 e. The number of carbonyl (C=O) groups excluding carboxylic acids is 1. The number of anilines is 1. The number of carbonyl (C=O) groups is 1. The number of hydrogen-bond acceptors (Lipinski definition) is 5. The lowest BCUT2D eigenvalue weighted by atomic mass is 10.1. The Bertz CT molecular complexity index is 1130. The zero-order chi connectivity index (χ0) is 19.0. The molecule has 27 heavy (non-hydrogen) atoms. The summed E-state index contributed by atoms with van der Waals surface area (Å²) in [4.78, 5) is 16.0. The van der Waals surface area contributed by atoms with Gasteiger partial charge in [0.25, 0.3) is 0 Å². The van der Waals surface area contributed by atoms with E-state index in [1.54, 1.807) is 6.26 Å². The molecule has 136 valence electrons. The molecule has 7 heteroatoms. The fraction of sp³-hybridized carbons (Fsp3) is 0.200. The first-order valence-electron chi connectivity index (χ1n) is 8.71. The third kappa shape index (κ3) is 3.19. The van der Waals surface area contributed by atoms with Crippen molar-refractivity contribution in [2.45, 2.75) is 26.8 Å². The van der Waals surface area contributed by atoms with E-state index < -0.39 is 0 Å². The van der Waals surface area contributed by atoms with Gasteiger partial charge >= 0.3 is 0 Å². The van der Waals surface area contributed by atoms with Crippen LogP contribution in [0.1, 0.15) is 26.8 Å². The highest BCUT2D eigenvalue weighted by molar-refractivity contribution is 5.93. The molecular weight excluding hydrogens is 342 g/mol. The Kier molecular flexibility index (Phi) is 4.19. The highest BCUT2D eigenvalue weighted by Gasteiger charge is 2.14. The monoisotopic (exact) mass is 361 g/mol. The number of rotatable bonds is 4. The summed E-state index contributed by atoms with van der Waals surface area (Å²) in [5, 5.41) is 11.2. The maximum Gasteiger partial charge on any atom is 0.226 e. The molecule has 7 nitrogen and oxygen atoms in total. The average Bonchev–Trinajstić information content (AvgIpc) is 3.28. The van der Waals surface area contributed by atoms with Crippen molar-refractivity contribution in [2.24, 2.45) is 0 Å². The van der Waals surface area contributed by atoms with Gasteiger partial charge in [-0.25, -0.2) is 9.67 Å². The van der Waals surface area contributed by atoms with Gasteiger partial charge in [-0.1, -0.05) is 23.4 Å². The molecule has 0 unspecified atom stereocenters. The van der Waals surface area contributed by atoms with E-state index >= 15 is 0 Å². The van der Waals surface area contributed by atoms with E-state index in [-0.39, 0.29) is 11.9 Å². The third-order valence-corrected chi connectivity index (χ3v) is 4.23. The fourth-order valence-electron chi connectivity index (χ4n) is 2.99. The zero-order valence-electron chi connectivity index (χ0n) is 15.3. The normalized spacial score (nSPS) is 11.3. The van der Waals surface area contributed by atoms with Crippen LogP contribution in [0.15, 0.2) is 53.1 Å². The first-order valence-corrected chi connectivity index (χ1v) is 8.71. The van der Waals surface area contributed by atoms with Crippen LogP contribution in [0.2, 0.25) is 0 Å². The molecule has 0 saturated heterocycles. The third-order valence-electron chi connectivity index (χ3n) is 4.23. The van der Waals surface area contributed by atoms with Crippen molar-refractivity contribution < 1.29 is 9.21 Å². The summed E-state index contributed by atoms with van der Waals surface area (Å²) in [6.07, 6.45) is 1.59. The average molecular weight is 361 g/mol. The summed E-state index contributed by atoms with van der Waals surface area (Å²) in [7, 11) is 0. The van der Waals surface area contributed by atoms with E-state index in [0.29, 0.717) is 17.3 Å². The number of nitrogens with zero attached hydrogens (tertiary/aromatic N) is 4. The van der Waals surface area contributed by atoms with Gasteiger partial charge in [-0.3, -0.25) is 4.79 Å². The van der Waals surface area contributed by atoms with Gasteiger partial charge in [0.15, 0.2) is 0 Å². The summed E-state index contributed by atoms with van der Waals surface area (Å²) >= 11 is 0. The molecular formula is C20H19N5O2. The minimum absolute atomic E-state index is 0.134. The quantitative estimate of drug-likeness (QED) is 0.586. The maximum absolute atomic E-state index is 11.4. The molecule has 0 bridgehead atoms. The minimum Gasteiger partial charge on any atom is -0.444 e. The van der Waals surface area contributed by atoms with Crippen molar-refractivity contribution in [3.05, 3.63) is 48.7 Å². The summed E-state index contributed by atoms with van der Waals surface area (Å²) < 4.78 is 7.57. The Morgan fingerprint density at radius 2 is 2.00 bits per heavy atom. The summed E-state index contributed by atoms with van der Waals surface area (Å²) in [6, 6.07) is 13.6. The van der Waals surface area contributed by atoms with E-state index in [1.807, 2.05) is 47.1 Å². The summed E-state index contributed by atoms with van der Waals surface area (Å²) in [5.41, 5.74) is 4.73. The Morgan fingerprint density at radius 1 is 1.19 bits per heavy atom. The Labute approximate surface area is 156 Å². The summed E-state index contributed by atoms with van der Waals surface area (Å²) in [5.74, 6) is 0.355. The van der Waals surface area contributed by atoms with Gasteiger partial charge < -0.3 is 9.73 Å². The highest BCUT2D eigenvalue weighted by Crippen LogP contribution is 2.31. The summed E-state index contributed by atoms with van der Waals surface area (Å²) in [6.45, 7) is 5.61. The second-order valence-corrected chi connectivity index (χ2v) is 6.60. The molecule has 2 heterocycles. The van der Waals surface area contributed by atoms with E-state index in [1.165, 1.54) is 6.92 Å². The molecule has 0 saturated carbocycles. The van der Waals surface area contributed by atoms with E-state index in [4.69, 9.17) is 4.42 Å². The second-order valence-electron chi connectivity index (χ2n) is 6.60. The Hall–Kier alpha value is -3.48. The predicted molar refractivity (Wildman–Crippen MR) is 103 cm³/mol. The fourth-order valence-corrected chi connectivity index (χ4v) is 2.99. The molecule has 0 spiro atoms. The number of benzene rings is 2. The molecule has 4 aromatic rings. The molecule has 0 atom stereocenters. The van der Waals surface area contributed by atoms with Crippen LogP contribution in [-0.2, 0) is 4.79 Å². The first-order chi connectivity index (χ1) is 13.0. The lowest BCUT2D eigenvalue weighted by Crippen LogP contribution is -2.06. The van der Waals surface area contributed by atoms with Gasteiger partial charge in [0.05, 0.1) is 11.2 Å². The number of nitrogens with one attached hydrogen (secondary N) is 1. The molecule has 2 aromatic carbocycles. The standard InChI is InChI=1S/C20H19N5O2/c1-12(2)25-19-9-8-14(10-17(19)23-24-25)20-22-18(11-27-20)15-6-4-5-7-16(15)21-13(3)26/h4-12H,1-3H3,(H,21,26). The number of oxazole rings is 1.